The van der Waals surface area contributed by atoms with Crippen molar-refractivity contribution in [2.24, 2.45) is 5.92 Å². The Morgan fingerprint density at radius 1 is 1.45 bits per heavy atom. The number of hydrogen-bond acceptors (Lipinski definition) is 7. The van der Waals surface area contributed by atoms with Gasteiger partial charge in [0, 0.05) is 20.3 Å². The van der Waals surface area contributed by atoms with E-state index in [2.05, 4.69) is 15.3 Å². The molecule has 110 valence electrons. The fourth-order valence-electron chi connectivity index (χ4n) is 2.07. The summed E-state index contributed by atoms with van der Waals surface area (Å²) in [6.45, 7) is 3.40. The summed E-state index contributed by atoms with van der Waals surface area (Å²) < 4.78 is 10.8. The van der Waals surface area contributed by atoms with Crippen molar-refractivity contribution in [3.63, 3.8) is 0 Å². The van der Waals surface area contributed by atoms with Gasteiger partial charge in [0.15, 0.2) is 0 Å². The molecule has 0 radical (unpaired) electrons. The highest BCUT2D eigenvalue weighted by atomic mass is 16.6. The second-order valence-corrected chi connectivity index (χ2v) is 4.66. The molecule has 20 heavy (non-hydrogen) atoms. The van der Waals surface area contributed by atoms with Gasteiger partial charge in [-0.15, -0.1) is 0 Å². The molecule has 1 aromatic heterocycles. The first kappa shape index (κ1) is 14.4. The molecule has 0 amide bonds. The molecule has 2 heterocycles. The molecule has 0 atom stereocenters. The molecule has 0 aromatic carbocycles. The first-order valence-electron chi connectivity index (χ1n) is 6.53. The van der Waals surface area contributed by atoms with Crippen LogP contribution in [0.1, 0.15) is 18.5 Å². The minimum atomic E-state index is -0.506. The molecule has 1 fully saturated rings. The van der Waals surface area contributed by atoms with Gasteiger partial charge >= 0.3 is 5.69 Å². The van der Waals surface area contributed by atoms with Gasteiger partial charge in [-0.05, 0) is 25.7 Å². The van der Waals surface area contributed by atoms with E-state index in [0.29, 0.717) is 31.7 Å². The fraction of sp³-hybridized carbons (Fsp3) is 0.667. The minimum absolute atomic E-state index is 0.0262. The van der Waals surface area contributed by atoms with Crippen molar-refractivity contribution in [1.82, 2.24) is 9.97 Å². The van der Waals surface area contributed by atoms with Crippen molar-refractivity contribution in [2.75, 3.05) is 32.2 Å². The van der Waals surface area contributed by atoms with E-state index >= 15 is 0 Å². The highest BCUT2D eigenvalue weighted by Gasteiger charge is 2.25. The summed E-state index contributed by atoms with van der Waals surface area (Å²) in [4.78, 5) is 18.6. The highest BCUT2D eigenvalue weighted by Crippen LogP contribution is 2.29. The number of rotatable bonds is 5. The van der Waals surface area contributed by atoms with Gasteiger partial charge in [-0.1, -0.05) is 0 Å². The molecule has 0 aliphatic carbocycles. The van der Waals surface area contributed by atoms with E-state index in [1.165, 1.54) is 0 Å². The Balaban J connectivity index is 2.15. The quantitative estimate of drug-likeness (QED) is 0.645. The van der Waals surface area contributed by atoms with Crippen molar-refractivity contribution in [1.29, 1.82) is 0 Å². The van der Waals surface area contributed by atoms with Crippen LogP contribution in [-0.4, -0.2) is 41.8 Å². The summed E-state index contributed by atoms with van der Waals surface area (Å²) in [5.74, 6) is 0.685. The zero-order chi connectivity index (χ0) is 14.5. The van der Waals surface area contributed by atoms with Crippen molar-refractivity contribution in [3.05, 3.63) is 15.8 Å². The van der Waals surface area contributed by atoms with Gasteiger partial charge in [0.1, 0.15) is 5.69 Å². The number of anilines is 1. The van der Waals surface area contributed by atoms with Crippen LogP contribution in [0.5, 0.6) is 5.88 Å². The van der Waals surface area contributed by atoms with E-state index in [0.717, 1.165) is 12.8 Å². The van der Waals surface area contributed by atoms with Gasteiger partial charge in [-0.3, -0.25) is 10.1 Å². The van der Waals surface area contributed by atoms with E-state index in [9.17, 15) is 10.1 Å². The van der Waals surface area contributed by atoms with E-state index in [1.54, 1.807) is 14.0 Å². The smallest absolute Gasteiger partial charge is 0.352 e. The molecule has 1 aliphatic rings. The van der Waals surface area contributed by atoms with Crippen LogP contribution < -0.4 is 10.1 Å². The molecular weight excluding hydrogens is 264 g/mol. The third kappa shape index (κ3) is 3.32. The zero-order valence-corrected chi connectivity index (χ0v) is 11.6. The molecule has 8 nitrogen and oxygen atoms in total. The fourth-order valence-corrected chi connectivity index (χ4v) is 2.07. The van der Waals surface area contributed by atoms with Crippen LogP contribution >= 0.6 is 0 Å². The summed E-state index contributed by atoms with van der Waals surface area (Å²) >= 11 is 0. The molecule has 1 aromatic rings. The van der Waals surface area contributed by atoms with Crippen molar-refractivity contribution >= 4 is 11.6 Å². The van der Waals surface area contributed by atoms with Gasteiger partial charge in [-0.25, -0.2) is 4.98 Å². The van der Waals surface area contributed by atoms with Gasteiger partial charge in [0.05, 0.1) is 11.5 Å². The lowest BCUT2D eigenvalue weighted by atomic mass is 10.0. The minimum Gasteiger partial charge on any atom is -0.472 e. The van der Waals surface area contributed by atoms with Crippen LogP contribution in [0, 0.1) is 23.0 Å². The number of hydrogen-bond donors (Lipinski definition) is 1. The lowest BCUT2D eigenvalue weighted by Crippen LogP contribution is -2.22. The molecular formula is C12H18N4O4. The highest BCUT2D eigenvalue weighted by molar-refractivity contribution is 5.48. The van der Waals surface area contributed by atoms with Crippen molar-refractivity contribution in [2.45, 2.75) is 19.8 Å². The maximum Gasteiger partial charge on any atom is 0.352 e. The van der Waals surface area contributed by atoms with Crippen LogP contribution in [0.3, 0.4) is 0 Å². The van der Waals surface area contributed by atoms with Crippen molar-refractivity contribution in [3.8, 4) is 5.88 Å². The number of aromatic nitrogens is 2. The molecule has 1 saturated heterocycles. The van der Waals surface area contributed by atoms with Crippen molar-refractivity contribution < 1.29 is 14.4 Å². The number of nitro groups is 1. The monoisotopic (exact) mass is 282 g/mol. The van der Waals surface area contributed by atoms with Crippen LogP contribution in [0.15, 0.2) is 0 Å². The zero-order valence-electron chi connectivity index (χ0n) is 11.6. The molecule has 2 rings (SSSR count). The van der Waals surface area contributed by atoms with Crippen LogP contribution in [0.2, 0.25) is 0 Å². The Morgan fingerprint density at radius 3 is 2.75 bits per heavy atom. The van der Waals surface area contributed by atoms with Crippen LogP contribution in [0.25, 0.3) is 0 Å². The Kier molecular flexibility index (Phi) is 4.67. The molecule has 0 bridgehead atoms. The number of aryl methyl sites for hydroxylation is 1. The summed E-state index contributed by atoms with van der Waals surface area (Å²) in [5.41, 5.74) is 0.118. The molecule has 8 heteroatoms. The maximum absolute atomic E-state index is 11.1. The average Bonchev–Trinajstić information content (AvgIpc) is 2.45. The third-order valence-corrected chi connectivity index (χ3v) is 3.23. The summed E-state index contributed by atoms with van der Waals surface area (Å²) in [6, 6.07) is 0. The summed E-state index contributed by atoms with van der Waals surface area (Å²) in [5, 5.41) is 13.9. The Bertz CT molecular complexity index is 489. The second kappa shape index (κ2) is 6.47. The maximum atomic E-state index is 11.1. The average molecular weight is 282 g/mol. The second-order valence-electron chi connectivity index (χ2n) is 4.66. The first-order valence-corrected chi connectivity index (χ1v) is 6.53. The van der Waals surface area contributed by atoms with E-state index < -0.39 is 4.92 Å². The predicted molar refractivity (Wildman–Crippen MR) is 72.0 cm³/mol. The lowest BCUT2D eigenvalue weighted by molar-refractivity contribution is -0.387. The molecule has 0 spiro atoms. The lowest BCUT2D eigenvalue weighted by Gasteiger charge is -2.21. The molecule has 1 aliphatic heterocycles. The van der Waals surface area contributed by atoms with E-state index in [-0.39, 0.29) is 17.3 Å². The van der Waals surface area contributed by atoms with Crippen LogP contribution in [0.4, 0.5) is 11.6 Å². The molecule has 0 saturated carbocycles. The van der Waals surface area contributed by atoms with E-state index in [4.69, 9.17) is 9.47 Å². The topological polar surface area (TPSA) is 99.4 Å². The standard InChI is InChI=1S/C12H18N4O4/c1-8-10(16(17)18)11(15-12(13-2)14-8)20-7-9-3-5-19-6-4-9/h9H,3-7H2,1-2H3,(H,13,14,15). The SMILES string of the molecule is CNc1nc(C)c([N+](=O)[O-])c(OCC2CCOCC2)n1. The normalized spacial score (nSPS) is 15.9. The van der Waals surface area contributed by atoms with E-state index in [1.807, 2.05) is 0 Å². The molecule has 0 unspecified atom stereocenters. The number of ether oxygens (including phenoxy) is 2. The third-order valence-electron chi connectivity index (χ3n) is 3.23. The van der Waals surface area contributed by atoms with Gasteiger partial charge < -0.3 is 14.8 Å². The Labute approximate surface area is 116 Å². The number of nitrogens with zero attached hydrogens (tertiary/aromatic N) is 3. The Hall–Kier alpha value is -1.96. The predicted octanol–water partition coefficient (Wildman–Crippen LogP) is 1.54. The first-order chi connectivity index (χ1) is 9.61. The van der Waals surface area contributed by atoms with Gasteiger partial charge in [0.2, 0.25) is 5.95 Å². The Morgan fingerprint density at radius 2 is 2.15 bits per heavy atom. The number of nitrogens with one attached hydrogen (secondary N) is 1. The summed E-state index contributed by atoms with van der Waals surface area (Å²) in [7, 11) is 1.66. The van der Waals surface area contributed by atoms with Crippen LogP contribution in [-0.2, 0) is 4.74 Å². The summed E-state index contributed by atoms with van der Waals surface area (Å²) in [6.07, 6.45) is 1.80. The van der Waals surface area contributed by atoms with Gasteiger partial charge in [-0.2, -0.15) is 4.98 Å². The molecule has 1 N–H and O–H groups in total. The van der Waals surface area contributed by atoms with Gasteiger partial charge in [0.25, 0.3) is 5.88 Å². The largest absolute Gasteiger partial charge is 0.472 e.